The van der Waals surface area contributed by atoms with E-state index in [1.807, 2.05) is 12.1 Å². The minimum atomic E-state index is -0.352. The fraction of sp³-hybridized carbons (Fsp3) is 0. The van der Waals surface area contributed by atoms with E-state index in [2.05, 4.69) is 11.1 Å². The van der Waals surface area contributed by atoms with Gasteiger partial charge in [0.1, 0.15) is 23.6 Å². The van der Waals surface area contributed by atoms with E-state index in [-0.39, 0.29) is 5.82 Å². The smallest absolute Gasteiger partial charge is 0.231 e. The summed E-state index contributed by atoms with van der Waals surface area (Å²) >= 11 is 0. The number of oxazole rings is 1. The Hall–Kier alpha value is -3.39. The minimum Gasteiger partial charge on any atom is -0.444 e. The normalized spacial score (nSPS) is 10.8. The zero-order chi connectivity index (χ0) is 15.8. The lowest BCUT2D eigenvalue weighted by Gasteiger charge is -1.98. The van der Waals surface area contributed by atoms with Crippen LogP contribution in [0.15, 0.2) is 65.4 Å². The van der Waals surface area contributed by atoms with Crippen molar-refractivity contribution >= 4 is 5.71 Å². The van der Waals surface area contributed by atoms with E-state index in [9.17, 15) is 4.39 Å². The van der Waals surface area contributed by atoms with Crippen LogP contribution in [-0.2, 0) is 0 Å². The van der Waals surface area contributed by atoms with Crippen LogP contribution in [0.2, 0.25) is 0 Å². The standard InChI is InChI=1S/C18H10FN3O/c19-15-4-2-1-3-14(15)16-18-22(9-10-23-18)17(21-16)13-7-5-12(11-20)6-8-13/h1-10H. The van der Waals surface area contributed by atoms with Gasteiger partial charge in [0.05, 0.1) is 11.6 Å². The summed E-state index contributed by atoms with van der Waals surface area (Å²) in [5, 5.41) is 8.89. The number of rotatable bonds is 2. The second-order valence-corrected chi connectivity index (χ2v) is 5.03. The fourth-order valence-corrected chi connectivity index (χ4v) is 2.55. The average Bonchev–Trinajstić information content (AvgIpc) is 3.18. The summed E-state index contributed by atoms with van der Waals surface area (Å²) in [6, 6.07) is 15.6. The molecular weight excluding hydrogens is 293 g/mol. The number of halogens is 1. The van der Waals surface area contributed by atoms with Crippen LogP contribution < -0.4 is 0 Å². The monoisotopic (exact) mass is 303 g/mol. The van der Waals surface area contributed by atoms with E-state index < -0.39 is 0 Å². The van der Waals surface area contributed by atoms with E-state index in [0.717, 1.165) is 5.56 Å². The molecule has 0 amide bonds. The maximum Gasteiger partial charge on any atom is 0.231 e. The summed E-state index contributed by atoms with van der Waals surface area (Å²) < 4.78 is 21.3. The first-order valence-electron chi connectivity index (χ1n) is 6.99. The van der Waals surface area contributed by atoms with Crippen LogP contribution in [0.4, 0.5) is 4.39 Å². The van der Waals surface area contributed by atoms with E-state index in [1.165, 1.54) is 12.3 Å². The molecule has 0 unspecified atom stereocenters. The summed E-state index contributed by atoms with van der Waals surface area (Å²) in [7, 11) is 0. The molecule has 0 aliphatic carbocycles. The molecule has 0 saturated carbocycles. The molecule has 4 aromatic rings. The van der Waals surface area contributed by atoms with Crippen LogP contribution in [-0.4, -0.2) is 9.38 Å². The van der Waals surface area contributed by atoms with Crippen LogP contribution in [0, 0.1) is 17.1 Å². The molecule has 0 saturated heterocycles. The van der Waals surface area contributed by atoms with Crippen LogP contribution in [0.3, 0.4) is 0 Å². The lowest BCUT2D eigenvalue weighted by atomic mass is 10.1. The molecule has 2 aromatic carbocycles. The summed E-state index contributed by atoms with van der Waals surface area (Å²) in [6.45, 7) is 0. The van der Waals surface area contributed by atoms with Gasteiger partial charge in [0, 0.05) is 17.3 Å². The molecule has 0 fully saturated rings. The third-order valence-corrected chi connectivity index (χ3v) is 3.66. The Morgan fingerprint density at radius 3 is 2.61 bits per heavy atom. The highest BCUT2D eigenvalue weighted by molar-refractivity contribution is 5.78. The van der Waals surface area contributed by atoms with Gasteiger partial charge in [-0.3, -0.25) is 4.40 Å². The van der Waals surface area contributed by atoms with Crippen molar-refractivity contribution in [2.75, 3.05) is 0 Å². The fourth-order valence-electron chi connectivity index (χ4n) is 2.55. The molecule has 4 rings (SSSR count). The van der Waals surface area contributed by atoms with Crippen molar-refractivity contribution in [2.45, 2.75) is 0 Å². The molecule has 5 heteroatoms. The van der Waals surface area contributed by atoms with Gasteiger partial charge in [0.25, 0.3) is 0 Å². The predicted molar refractivity (Wildman–Crippen MR) is 83.0 cm³/mol. The number of imidazole rings is 1. The van der Waals surface area contributed by atoms with Gasteiger partial charge in [0.15, 0.2) is 0 Å². The van der Waals surface area contributed by atoms with E-state index in [1.54, 1.807) is 40.9 Å². The van der Waals surface area contributed by atoms with Crippen LogP contribution in [0.5, 0.6) is 0 Å². The first kappa shape index (κ1) is 13.3. The van der Waals surface area contributed by atoms with Gasteiger partial charge < -0.3 is 4.42 Å². The van der Waals surface area contributed by atoms with Gasteiger partial charge in [-0.05, 0) is 36.4 Å². The van der Waals surface area contributed by atoms with Gasteiger partial charge in [-0.1, -0.05) is 12.1 Å². The number of hydrogen-bond acceptors (Lipinski definition) is 3. The third kappa shape index (κ3) is 2.09. The summed E-state index contributed by atoms with van der Waals surface area (Å²) in [6.07, 6.45) is 3.27. The van der Waals surface area contributed by atoms with Crippen molar-refractivity contribution < 1.29 is 8.81 Å². The molecular formula is C18H10FN3O. The van der Waals surface area contributed by atoms with Crippen molar-refractivity contribution in [1.82, 2.24) is 9.38 Å². The molecule has 0 atom stereocenters. The number of hydrogen-bond donors (Lipinski definition) is 0. The number of nitrogens with zero attached hydrogens (tertiary/aromatic N) is 3. The van der Waals surface area contributed by atoms with Gasteiger partial charge in [-0.15, -0.1) is 0 Å². The van der Waals surface area contributed by atoms with E-state index in [0.29, 0.717) is 28.4 Å². The van der Waals surface area contributed by atoms with Crippen molar-refractivity contribution in [3.8, 4) is 28.7 Å². The molecule has 0 bridgehead atoms. The number of aromatic nitrogens is 2. The van der Waals surface area contributed by atoms with Crippen molar-refractivity contribution in [2.24, 2.45) is 0 Å². The summed E-state index contributed by atoms with van der Waals surface area (Å²) in [5.74, 6) is 0.284. The summed E-state index contributed by atoms with van der Waals surface area (Å²) in [4.78, 5) is 4.55. The Balaban J connectivity index is 1.94. The van der Waals surface area contributed by atoms with E-state index >= 15 is 0 Å². The van der Waals surface area contributed by atoms with Crippen LogP contribution in [0.1, 0.15) is 5.56 Å². The SMILES string of the molecule is N#Cc1ccc(-c2nc(-c3ccccc3F)c3occn23)cc1. The lowest BCUT2D eigenvalue weighted by molar-refractivity contribution is 0.606. The number of nitriles is 1. The molecule has 0 radical (unpaired) electrons. The van der Waals surface area contributed by atoms with Crippen LogP contribution >= 0.6 is 0 Å². The number of fused-ring (bicyclic) bond motifs is 1. The predicted octanol–water partition coefficient (Wildman–Crippen LogP) is 4.27. The molecule has 0 aliphatic rings. The zero-order valence-electron chi connectivity index (χ0n) is 11.9. The Morgan fingerprint density at radius 2 is 1.87 bits per heavy atom. The van der Waals surface area contributed by atoms with Crippen LogP contribution in [0.25, 0.3) is 28.4 Å². The van der Waals surface area contributed by atoms with Crippen molar-refractivity contribution in [1.29, 1.82) is 5.26 Å². The first-order chi connectivity index (χ1) is 11.3. The molecule has 0 N–H and O–H groups in total. The van der Waals surface area contributed by atoms with Gasteiger partial charge in [-0.2, -0.15) is 5.26 Å². The van der Waals surface area contributed by atoms with E-state index in [4.69, 9.17) is 9.68 Å². The second kappa shape index (κ2) is 5.11. The Bertz CT molecular complexity index is 1040. The van der Waals surface area contributed by atoms with Crippen molar-refractivity contribution in [3.05, 3.63) is 72.4 Å². The molecule has 0 spiro atoms. The highest BCUT2D eigenvalue weighted by Gasteiger charge is 2.18. The molecule has 110 valence electrons. The maximum atomic E-state index is 14.1. The van der Waals surface area contributed by atoms with Crippen molar-refractivity contribution in [3.63, 3.8) is 0 Å². The highest BCUT2D eigenvalue weighted by Crippen LogP contribution is 2.31. The van der Waals surface area contributed by atoms with Gasteiger partial charge in [0.2, 0.25) is 5.71 Å². The first-order valence-corrected chi connectivity index (χ1v) is 6.99. The topological polar surface area (TPSA) is 54.2 Å². The lowest BCUT2D eigenvalue weighted by Crippen LogP contribution is -1.86. The largest absolute Gasteiger partial charge is 0.444 e. The zero-order valence-corrected chi connectivity index (χ0v) is 11.9. The Kier molecular flexibility index (Phi) is 2.95. The number of benzene rings is 2. The third-order valence-electron chi connectivity index (χ3n) is 3.66. The summed E-state index contributed by atoms with van der Waals surface area (Å²) in [5.41, 5.74) is 2.72. The Morgan fingerprint density at radius 1 is 1.09 bits per heavy atom. The molecule has 0 aliphatic heterocycles. The molecule has 2 heterocycles. The quantitative estimate of drug-likeness (QED) is 0.555. The molecule has 23 heavy (non-hydrogen) atoms. The van der Waals surface area contributed by atoms with Gasteiger partial charge >= 0.3 is 0 Å². The Labute approximate surface area is 131 Å². The highest BCUT2D eigenvalue weighted by atomic mass is 19.1. The molecule has 4 nitrogen and oxygen atoms in total. The molecule has 2 aromatic heterocycles. The van der Waals surface area contributed by atoms with Gasteiger partial charge in [-0.25, -0.2) is 9.37 Å². The second-order valence-electron chi connectivity index (χ2n) is 5.03. The maximum absolute atomic E-state index is 14.1. The minimum absolute atomic E-state index is 0.352. The average molecular weight is 303 g/mol.